The van der Waals surface area contributed by atoms with E-state index in [1.165, 1.54) is 0 Å². The molecule has 27 heavy (non-hydrogen) atoms. The van der Waals surface area contributed by atoms with Gasteiger partial charge in [-0.1, -0.05) is 6.07 Å². The van der Waals surface area contributed by atoms with Crippen molar-refractivity contribution in [2.24, 2.45) is 0 Å². The number of pyridine rings is 1. The van der Waals surface area contributed by atoms with Crippen LogP contribution in [-0.4, -0.2) is 37.2 Å². The highest BCUT2D eigenvalue weighted by Crippen LogP contribution is 2.23. The second kappa shape index (κ2) is 8.33. The molecular weight excluding hydrogens is 358 g/mol. The fraction of sp³-hybridized carbons (Fsp3) is 0.238. The highest BCUT2D eigenvalue weighted by molar-refractivity contribution is 7.13. The van der Waals surface area contributed by atoms with E-state index in [4.69, 9.17) is 4.74 Å². The number of carbonyl (C=O) groups excluding carboxylic acids is 1. The predicted octanol–water partition coefficient (Wildman–Crippen LogP) is 3.58. The average molecular weight is 379 g/mol. The molecule has 1 aliphatic rings. The molecule has 1 amide bonds. The van der Waals surface area contributed by atoms with Gasteiger partial charge in [-0.25, -0.2) is 0 Å². The molecule has 1 N–H and O–H groups in total. The van der Waals surface area contributed by atoms with Crippen molar-refractivity contribution >= 4 is 22.9 Å². The van der Waals surface area contributed by atoms with Gasteiger partial charge in [0.25, 0.3) is 5.91 Å². The lowest BCUT2D eigenvalue weighted by Gasteiger charge is -2.28. The number of hydrogen-bond donors (Lipinski definition) is 1. The minimum atomic E-state index is -0.0713. The van der Waals surface area contributed by atoms with Gasteiger partial charge in [-0.05, 0) is 53.4 Å². The summed E-state index contributed by atoms with van der Waals surface area (Å²) in [7, 11) is 0. The van der Waals surface area contributed by atoms with E-state index in [0.29, 0.717) is 12.1 Å². The Morgan fingerprint density at radius 3 is 2.70 bits per heavy atom. The molecule has 3 aromatic rings. The third-order valence-corrected chi connectivity index (χ3v) is 5.45. The number of morpholine rings is 1. The van der Waals surface area contributed by atoms with Crippen molar-refractivity contribution in [1.82, 2.24) is 10.3 Å². The van der Waals surface area contributed by atoms with Gasteiger partial charge in [0.05, 0.1) is 23.8 Å². The molecule has 0 aliphatic carbocycles. The molecule has 1 aromatic carbocycles. The van der Waals surface area contributed by atoms with Crippen LogP contribution in [0.15, 0.2) is 60.1 Å². The predicted molar refractivity (Wildman–Crippen MR) is 108 cm³/mol. The minimum Gasteiger partial charge on any atom is -0.378 e. The molecule has 2 aromatic heterocycles. The number of carbonyl (C=O) groups is 1. The lowest BCUT2D eigenvalue weighted by atomic mass is 10.1. The SMILES string of the molecule is O=C(NCc1ccnc(-c2cccs2)c1)c1ccc(N2CCOCC2)cc1. The van der Waals surface area contributed by atoms with E-state index in [9.17, 15) is 4.79 Å². The smallest absolute Gasteiger partial charge is 0.251 e. The number of thiophene rings is 1. The van der Waals surface area contributed by atoms with E-state index in [1.54, 1.807) is 17.5 Å². The van der Waals surface area contributed by atoms with Crippen LogP contribution in [0.2, 0.25) is 0 Å². The van der Waals surface area contributed by atoms with Crippen LogP contribution in [-0.2, 0) is 11.3 Å². The number of rotatable bonds is 5. The van der Waals surface area contributed by atoms with Crippen LogP contribution in [0.25, 0.3) is 10.6 Å². The van der Waals surface area contributed by atoms with Crippen LogP contribution >= 0.6 is 11.3 Å². The molecule has 3 heterocycles. The quantitative estimate of drug-likeness (QED) is 0.736. The third-order valence-electron chi connectivity index (χ3n) is 4.56. The fourth-order valence-electron chi connectivity index (χ4n) is 3.07. The van der Waals surface area contributed by atoms with Crippen molar-refractivity contribution in [3.8, 4) is 10.6 Å². The van der Waals surface area contributed by atoms with Crippen LogP contribution in [0, 0.1) is 0 Å². The van der Waals surface area contributed by atoms with Gasteiger partial charge in [-0.3, -0.25) is 9.78 Å². The summed E-state index contributed by atoms with van der Waals surface area (Å²) < 4.78 is 5.38. The molecule has 0 atom stereocenters. The first-order valence-electron chi connectivity index (χ1n) is 8.99. The maximum Gasteiger partial charge on any atom is 0.251 e. The Balaban J connectivity index is 1.37. The Bertz CT molecular complexity index is 888. The van der Waals surface area contributed by atoms with Crippen molar-refractivity contribution in [3.63, 3.8) is 0 Å². The fourth-order valence-corrected chi connectivity index (χ4v) is 3.77. The second-order valence-corrected chi connectivity index (χ2v) is 7.30. The number of anilines is 1. The van der Waals surface area contributed by atoms with Crippen molar-refractivity contribution in [2.75, 3.05) is 31.2 Å². The number of ether oxygens (including phenoxy) is 1. The molecule has 0 bridgehead atoms. The Kier molecular flexibility index (Phi) is 5.46. The number of aromatic nitrogens is 1. The van der Waals surface area contributed by atoms with Gasteiger partial charge in [-0.2, -0.15) is 0 Å². The van der Waals surface area contributed by atoms with Gasteiger partial charge in [0.1, 0.15) is 0 Å². The van der Waals surface area contributed by atoms with Gasteiger partial charge >= 0.3 is 0 Å². The highest BCUT2D eigenvalue weighted by Gasteiger charge is 2.12. The van der Waals surface area contributed by atoms with Crippen LogP contribution in [0.5, 0.6) is 0 Å². The molecule has 4 rings (SSSR count). The average Bonchev–Trinajstić information content (AvgIpc) is 3.28. The first-order valence-corrected chi connectivity index (χ1v) is 9.87. The van der Waals surface area contributed by atoms with E-state index >= 15 is 0 Å². The summed E-state index contributed by atoms with van der Waals surface area (Å²) >= 11 is 1.66. The molecule has 0 spiro atoms. The molecule has 0 unspecified atom stereocenters. The molecule has 1 saturated heterocycles. The van der Waals surface area contributed by atoms with Gasteiger partial charge in [0.2, 0.25) is 0 Å². The first-order chi connectivity index (χ1) is 13.3. The molecule has 1 fully saturated rings. The number of hydrogen-bond acceptors (Lipinski definition) is 5. The van der Waals surface area contributed by atoms with Crippen LogP contribution < -0.4 is 10.2 Å². The standard InChI is InChI=1S/C21H21N3O2S/c25-21(17-3-5-18(6-4-17)24-9-11-26-12-10-24)23-15-16-7-8-22-19(14-16)20-2-1-13-27-20/h1-8,13-14H,9-12,15H2,(H,23,25). The molecule has 0 radical (unpaired) electrons. The Hall–Kier alpha value is -2.70. The van der Waals surface area contributed by atoms with Crippen molar-refractivity contribution in [1.29, 1.82) is 0 Å². The molecular formula is C21H21N3O2S. The topological polar surface area (TPSA) is 54.5 Å². The summed E-state index contributed by atoms with van der Waals surface area (Å²) in [6.07, 6.45) is 1.79. The number of nitrogens with zero attached hydrogens (tertiary/aromatic N) is 2. The second-order valence-electron chi connectivity index (χ2n) is 6.36. The number of nitrogens with one attached hydrogen (secondary N) is 1. The Morgan fingerprint density at radius 2 is 1.96 bits per heavy atom. The zero-order valence-corrected chi connectivity index (χ0v) is 15.7. The van der Waals surface area contributed by atoms with E-state index in [2.05, 4.69) is 15.2 Å². The largest absolute Gasteiger partial charge is 0.378 e. The molecule has 138 valence electrons. The van der Waals surface area contributed by atoms with Crippen molar-refractivity contribution in [2.45, 2.75) is 6.54 Å². The third kappa shape index (κ3) is 4.35. The summed E-state index contributed by atoms with van der Waals surface area (Å²) in [5.74, 6) is -0.0713. The number of amides is 1. The van der Waals surface area contributed by atoms with Crippen molar-refractivity contribution < 1.29 is 9.53 Å². The summed E-state index contributed by atoms with van der Waals surface area (Å²) in [6.45, 7) is 3.76. The van der Waals surface area contributed by atoms with Gasteiger partial charge in [0, 0.05) is 37.1 Å². The van der Waals surface area contributed by atoms with E-state index < -0.39 is 0 Å². The summed E-state index contributed by atoms with van der Waals surface area (Å²) in [6, 6.07) is 15.8. The van der Waals surface area contributed by atoms with E-state index in [1.807, 2.05) is 53.9 Å². The van der Waals surface area contributed by atoms with Gasteiger partial charge < -0.3 is 15.0 Å². The normalized spacial score (nSPS) is 14.1. The first kappa shape index (κ1) is 17.7. The molecule has 1 aliphatic heterocycles. The summed E-state index contributed by atoms with van der Waals surface area (Å²) in [5, 5.41) is 5.02. The lowest BCUT2D eigenvalue weighted by molar-refractivity contribution is 0.0951. The van der Waals surface area contributed by atoms with Gasteiger partial charge in [0.15, 0.2) is 0 Å². The summed E-state index contributed by atoms with van der Waals surface area (Å²) in [5.41, 5.74) is 3.77. The molecule has 0 saturated carbocycles. The summed E-state index contributed by atoms with van der Waals surface area (Å²) in [4.78, 5) is 20.3. The zero-order chi connectivity index (χ0) is 18.5. The minimum absolute atomic E-state index is 0.0713. The number of benzene rings is 1. The van der Waals surface area contributed by atoms with Crippen LogP contribution in [0.3, 0.4) is 0 Å². The maximum absolute atomic E-state index is 12.5. The molecule has 6 heteroatoms. The highest BCUT2D eigenvalue weighted by atomic mass is 32.1. The zero-order valence-electron chi connectivity index (χ0n) is 14.9. The van der Waals surface area contributed by atoms with E-state index in [0.717, 1.165) is 48.1 Å². The lowest BCUT2D eigenvalue weighted by Crippen LogP contribution is -2.36. The monoisotopic (exact) mass is 379 g/mol. The van der Waals surface area contributed by atoms with Gasteiger partial charge in [-0.15, -0.1) is 11.3 Å². The van der Waals surface area contributed by atoms with Crippen molar-refractivity contribution in [3.05, 3.63) is 71.2 Å². The van der Waals surface area contributed by atoms with Crippen LogP contribution in [0.1, 0.15) is 15.9 Å². The van der Waals surface area contributed by atoms with E-state index in [-0.39, 0.29) is 5.91 Å². The molecule has 5 nitrogen and oxygen atoms in total. The Morgan fingerprint density at radius 1 is 1.15 bits per heavy atom. The Labute approximate surface area is 162 Å². The van der Waals surface area contributed by atoms with Crippen LogP contribution in [0.4, 0.5) is 5.69 Å². The maximum atomic E-state index is 12.5.